The topological polar surface area (TPSA) is 29.5 Å². The first kappa shape index (κ1) is 10.8. The van der Waals surface area contributed by atoms with Gasteiger partial charge < -0.3 is 4.74 Å². The summed E-state index contributed by atoms with van der Waals surface area (Å²) < 4.78 is 32.3. The molecule has 0 aromatic carbocycles. The Morgan fingerprint density at radius 3 is 2.67 bits per heavy atom. The van der Waals surface area contributed by atoms with Crippen LogP contribution in [0.25, 0.3) is 0 Å². The van der Waals surface area contributed by atoms with Gasteiger partial charge in [-0.3, -0.25) is 4.79 Å². The number of halogens is 2. The van der Waals surface area contributed by atoms with E-state index >= 15 is 0 Å². The highest BCUT2D eigenvalue weighted by Gasteiger charge is 2.56. The fourth-order valence-electron chi connectivity index (χ4n) is 2.56. The third-order valence-electron chi connectivity index (χ3n) is 3.40. The third-order valence-corrected chi connectivity index (χ3v) is 3.40. The fraction of sp³-hybridized carbons (Fsp3) is 0.900. The van der Waals surface area contributed by atoms with Crippen molar-refractivity contribution >= 4 is 5.97 Å². The molecule has 0 aromatic rings. The van der Waals surface area contributed by atoms with Crippen molar-refractivity contribution in [3.05, 3.63) is 0 Å². The van der Waals surface area contributed by atoms with Crippen molar-refractivity contribution in [2.45, 2.75) is 44.4 Å². The zero-order chi connectivity index (χ0) is 11.1. The van der Waals surface area contributed by atoms with Gasteiger partial charge in [0.25, 0.3) is 0 Å². The largest absolute Gasteiger partial charge is 0.465 e. The molecule has 3 nitrogen and oxygen atoms in total. The second-order valence-corrected chi connectivity index (χ2v) is 4.26. The summed E-state index contributed by atoms with van der Waals surface area (Å²) >= 11 is 0. The summed E-state index contributed by atoms with van der Waals surface area (Å²) in [6, 6.07) is -1.03. The van der Waals surface area contributed by atoms with Crippen molar-refractivity contribution < 1.29 is 18.4 Å². The van der Waals surface area contributed by atoms with Crippen molar-refractivity contribution in [2.24, 2.45) is 5.92 Å². The van der Waals surface area contributed by atoms with Gasteiger partial charge in [-0.25, -0.2) is 4.39 Å². The van der Waals surface area contributed by atoms with Crippen LogP contribution in [0.5, 0.6) is 0 Å². The first-order chi connectivity index (χ1) is 7.08. The van der Waals surface area contributed by atoms with Gasteiger partial charge in [0.05, 0.1) is 6.61 Å². The number of carbonyl (C=O) groups is 1. The molecule has 0 aromatic heterocycles. The molecule has 3 fully saturated rings. The average molecular weight is 219 g/mol. The van der Waals surface area contributed by atoms with Crippen LogP contribution in [0.2, 0.25) is 0 Å². The molecule has 0 N–H and O–H groups in total. The van der Waals surface area contributed by atoms with Crippen LogP contribution in [0, 0.1) is 5.92 Å². The van der Waals surface area contributed by atoms with Crippen LogP contribution in [0.15, 0.2) is 0 Å². The molecule has 2 heterocycles. The molecule has 0 spiro atoms. The Balaban J connectivity index is 2.15. The van der Waals surface area contributed by atoms with Gasteiger partial charge >= 0.3 is 5.97 Å². The van der Waals surface area contributed by atoms with Crippen molar-refractivity contribution in [1.82, 2.24) is 5.12 Å². The van der Waals surface area contributed by atoms with E-state index in [1.807, 2.05) is 0 Å². The van der Waals surface area contributed by atoms with Crippen LogP contribution in [-0.4, -0.2) is 29.5 Å². The summed E-state index contributed by atoms with van der Waals surface area (Å²) in [5.74, 6) is -2.66. The predicted octanol–water partition coefficient (Wildman–Crippen LogP) is 1.97. The number of piperidine rings is 2. The lowest BCUT2D eigenvalue weighted by Gasteiger charge is -2.48. The number of ether oxygens (including phenoxy) is 1. The van der Waals surface area contributed by atoms with Crippen molar-refractivity contribution in [3.8, 4) is 0 Å². The SMILES string of the molecule is CCOC(=O)C1C2CCC(F)(CC2)N1F. The van der Waals surface area contributed by atoms with Gasteiger partial charge in [-0.05, 0) is 38.5 Å². The normalized spacial score (nSPS) is 40.5. The quantitative estimate of drug-likeness (QED) is 0.404. The van der Waals surface area contributed by atoms with E-state index in [2.05, 4.69) is 0 Å². The van der Waals surface area contributed by atoms with Crippen LogP contribution in [-0.2, 0) is 9.53 Å². The van der Waals surface area contributed by atoms with E-state index in [-0.39, 0.29) is 30.5 Å². The highest BCUT2D eigenvalue weighted by Crippen LogP contribution is 2.48. The molecule has 3 aliphatic rings. The van der Waals surface area contributed by atoms with Crippen LogP contribution in [0.3, 0.4) is 0 Å². The van der Waals surface area contributed by atoms with Crippen molar-refractivity contribution in [1.29, 1.82) is 0 Å². The zero-order valence-corrected chi connectivity index (χ0v) is 8.71. The van der Waals surface area contributed by atoms with Gasteiger partial charge in [-0.2, -0.15) is 0 Å². The lowest BCUT2D eigenvalue weighted by molar-refractivity contribution is -0.254. The van der Waals surface area contributed by atoms with Crippen LogP contribution in [0.1, 0.15) is 32.6 Å². The molecule has 2 aliphatic heterocycles. The Kier molecular flexibility index (Phi) is 2.66. The third kappa shape index (κ3) is 1.62. The van der Waals surface area contributed by atoms with Gasteiger partial charge in [0.1, 0.15) is 6.04 Å². The van der Waals surface area contributed by atoms with Crippen LogP contribution in [0.4, 0.5) is 8.87 Å². The van der Waals surface area contributed by atoms with E-state index in [4.69, 9.17) is 4.74 Å². The number of nitrogens with zero attached hydrogens (tertiary/aromatic N) is 1. The molecule has 2 bridgehead atoms. The number of hydrogen-bond acceptors (Lipinski definition) is 3. The smallest absolute Gasteiger partial charge is 0.326 e. The van der Waals surface area contributed by atoms with Gasteiger partial charge in [0.15, 0.2) is 5.79 Å². The van der Waals surface area contributed by atoms with Gasteiger partial charge in [0.2, 0.25) is 0 Å². The lowest BCUT2D eigenvalue weighted by atomic mass is 9.74. The molecule has 0 radical (unpaired) electrons. The summed E-state index contributed by atoms with van der Waals surface area (Å²) in [4.78, 5) is 11.5. The molecule has 3 rings (SSSR count). The molecule has 0 amide bonds. The molecule has 5 heteroatoms. The van der Waals surface area contributed by atoms with E-state index in [1.54, 1.807) is 6.92 Å². The molecule has 15 heavy (non-hydrogen) atoms. The molecular formula is C10H15F2NO2. The van der Waals surface area contributed by atoms with E-state index in [0.29, 0.717) is 12.8 Å². The maximum Gasteiger partial charge on any atom is 0.326 e. The maximum absolute atomic E-state index is 13.9. The molecule has 1 atom stereocenters. The number of carbonyl (C=O) groups excluding carboxylic acids is 1. The highest BCUT2D eigenvalue weighted by molar-refractivity contribution is 5.76. The molecular weight excluding hydrogens is 204 g/mol. The zero-order valence-electron chi connectivity index (χ0n) is 8.71. The highest BCUT2D eigenvalue weighted by atomic mass is 19.2. The Morgan fingerprint density at radius 2 is 2.13 bits per heavy atom. The number of fused-ring (bicyclic) bond motifs is 3. The van der Waals surface area contributed by atoms with E-state index < -0.39 is 17.8 Å². The van der Waals surface area contributed by atoms with Crippen molar-refractivity contribution in [2.75, 3.05) is 6.61 Å². The Labute approximate surface area is 87.3 Å². The maximum atomic E-state index is 13.9. The second kappa shape index (κ2) is 3.70. The van der Waals surface area contributed by atoms with E-state index in [9.17, 15) is 13.7 Å². The minimum Gasteiger partial charge on any atom is -0.465 e. The van der Waals surface area contributed by atoms with Crippen LogP contribution < -0.4 is 0 Å². The van der Waals surface area contributed by atoms with Gasteiger partial charge in [0, 0.05) is 0 Å². The summed E-state index contributed by atoms with van der Waals surface area (Å²) in [5, 5.41) is 0.0860. The minimum absolute atomic E-state index is 0.0860. The summed E-state index contributed by atoms with van der Waals surface area (Å²) in [6.45, 7) is 1.86. The number of esters is 1. The summed E-state index contributed by atoms with van der Waals surface area (Å²) in [6.07, 6.45) is 1.51. The first-order valence-electron chi connectivity index (χ1n) is 5.39. The summed E-state index contributed by atoms with van der Waals surface area (Å²) in [5.41, 5.74) is 0. The number of rotatable bonds is 2. The Hall–Kier alpha value is -0.710. The minimum atomic E-state index is -1.94. The predicted molar refractivity (Wildman–Crippen MR) is 49.2 cm³/mol. The van der Waals surface area contributed by atoms with Gasteiger partial charge in [-0.1, -0.05) is 5.12 Å². The molecule has 1 saturated carbocycles. The number of alkyl halides is 1. The Morgan fingerprint density at radius 1 is 1.53 bits per heavy atom. The average Bonchev–Trinajstić information content (AvgIpc) is 2.20. The lowest BCUT2D eigenvalue weighted by Crippen LogP contribution is -2.60. The molecule has 86 valence electrons. The fourth-order valence-corrected chi connectivity index (χ4v) is 2.56. The van der Waals surface area contributed by atoms with E-state index in [0.717, 1.165) is 0 Å². The summed E-state index contributed by atoms with van der Waals surface area (Å²) in [7, 11) is 0. The Bertz CT molecular complexity index is 264. The van der Waals surface area contributed by atoms with Gasteiger partial charge in [-0.15, -0.1) is 4.48 Å². The first-order valence-corrected chi connectivity index (χ1v) is 5.39. The standard InChI is InChI=1S/C10H15F2NO2/c1-2-15-9(14)8-7-3-5-10(11,6-4-7)13(8)12/h7-8H,2-6H2,1H3. The van der Waals surface area contributed by atoms with Crippen LogP contribution >= 0.6 is 0 Å². The molecule has 1 aliphatic carbocycles. The molecule has 1 unspecified atom stereocenters. The second-order valence-electron chi connectivity index (χ2n) is 4.26. The number of hydrogen-bond donors (Lipinski definition) is 0. The van der Waals surface area contributed by atoms with Crippen molar-refractivity contribution in [3.63, 3.8) is 0 Å². The monoisotopic (exact) mass is 219 g/mol. The molecule has 2 saturated heterocycles. The van der Waals surface area contributed by atoms with E-state index in [1.165, 1.54) is 0 Å².